The number of benzene rings is 6. The van der Waals surface area contributed by atoms with Crippen LogP contribution in [-0.2, 0) is 87.1 Å². The molecule has 10 nitrogen and oxygen atoms in total. The molecule has 1 heterocycles. The van der Waals surface area contributed by atoms with E-state index >= 15 is 0 Å². The van der Waals surface area contributed by atoms with E-state index in [4.69, 9.17) is 42.6 Å². The molecule has 0 saturated carbocycles. The molecule has 0 amide bonds. The third-order valence-corrected chi connectivity index (χ3v) is 11.5. The largest absolute Gasteiger partial charge is 0.457 e. The van der Waals surface area contributed by atoms with E-state index in [-0.39, 0.29) is 32.7 Å². The Bertz CT molecular complexity index is 2270. The van der Waals surface area contributed by atoms with Crippen LogP contribution in [0.4, 0.5) is 0 Å². The molecule has 0 spiro atoms. The minimum absolute atomic E-state index is 0.0303. The third kappa shape index (κ3) is 15.6. The molecular weight excluding hydrogens is 845 g/mol. The van der Waals surface area contributed by atoms with Gasteiger partial charge in [0, 0.05) is 13.5 Å². The van der Waals surface area contributed by atoms with Crippen molar-refractivity contribution in [2.24, 2.45) is 0 Å². The number of ether oxygens (including phenoxy) is 9. The highest BCUT2D eigenvalue weighted by Crippen LogP contribution is 2.33. The Balaban J connectivity index is 1.13. The minimum Gasteiger partial charge on any atom is -0.457 e. The van der Waals surface area contributed by atoms with Gasteiger partial charge in [0.1, 0.15) is 30.5 Å². The second-order valence-electron chi connectivity index (χ2n) is 16.4. The van der Waals surface area contributed by atoms with Gasteiger partial charge in [0.25, 0.3) is 0 Å². The summed E-state index contributed by atoms with van der Waals surface area (Å²) in [7, 11) is 1.58. The predicted octanol–water partition coefficient (Wildman–Crippen LogP) is 10.4. The summed E-state index contributed by atoms with van der Waals surface area (Å²) < 4.78 is 58.7. The lowest BCUT2D eigenvalue weighted by Crippen LogP contribution is -2.60. The van der Waals surface area contributed by atoms with Gasteiger partial charge in [0.05, 0.1) is 52.4 Å². The fourth-order valence-corrected chi connectivity index (χ4v) is 7.96. The number of hydrogen-bond donors (Lipinski definition) is 0. The Morgan fingerprint density at radius 1 is 0.537 bits per heavy atom. The summed E-state index contributed by atoms with van der Waals surface area (Å²) in [4.78, 5) is 14.4. The van der Waals surface area contributed by atoms with Crippen molar-refractivity contribution in [1.82, 2.24) is 0 Å². The van der Waals surface area contributed by atoms with Crippen LogP contribution in [0.5, 0.6) is 0 Å². The fraction of sp³-hybridized carbons (Fsp3) is 0.316. The minimum atomic E-state index is -0.888. The van der Waals surface area contributed by atoms with Crippen LogP contribution in [0.25, 0.3) is 0 Å². The van der Waals surface area contributed by atoms with E-state index in [2.05, 4.69) is 6.58 Å². The van der Waals surface area contributed by atoms with E-state index in [1.807, 2.05) is 182 Å². The first-order valence-electron chi connectivity index (χ1n) is 23.0. The second-order valence-corrected chi connectivity index (χ2v) is 16.4. The molecule has 0 bridgehead atoms. The van der Waals surface area contributed by atoms with Crippen LogP contribution >= 0.6 is 0 Å². The van der Waals surface area contributed by atoms with E-state index in [0.29, 0.717) is 26.4 Å². The van der Waals surface area contributed by atoms with Crippen molar-refractivity contribution in [2.75, 3.05) is 13.7 Å². The maximum absolute atomic E-state index is 14.4. The van der Waals surface area contributed by atoms with E-state index in [9.17, 15) is 4.79 Å². The van der Waals surface area contributed by atoms with Crippen LogP contribution in [0.3, 0.4) is 0 Å². The summed E-state index contributed by atoms with van der Waals surface area (Å²) in [6.07, 6.45) is -3.98. The molecule has 6 aromatic carbocycles. The van der Waals surface area contributed by atoms with Crippen LogP contribution in [0.15, 0.2) is 195 Å². The van der Waals surface area contributed by atoms with Gasteiger partial charge < -0.3 is 42.6 Å². The highest BCUT2D eigenvalue weighted by atomic mass is 16.7. The molecule has 8 atom stereocenters. The van der Waals surface area contributed by atoms with Crippen molar-refractivity contribution in [3.05, 3.63) is 228 Å². The highest BCUT2D eigenvalue weighted by Gasteiger charge is 2.49. The second kappa shape index (κ2) is 27.1. The van der Waals surface area contributed by atoms with Gasteiger partial charge in [-0.25, -0.2) is 0 Å². The van der Waals surface area contributed by atoms with Crippen LogP contribution in [-0.4, -0.2) is 68.7 Å². The maximum Gasteiger partial charge on any atom is 0.306 e. The molecule has 1 aliphatic heterocycles. The van der Waals surface area contributed by atoms with Gasteiger partial charge in [0.15, 0.2) is 12.4 Å². The van der Waals surface area contributed by atoms with Crippen LogP contribution in [0.2, 0.25) is 0 Å². The van der Waals surface area contributed by atoms with Gasteiger partial charge in [-0.05, 0) is 39.8 Å². The van der Waals surface area contributed by atoms with Gasteiger partial charge in [0.2, 0.25) is 0 Å². The van der Waals surface area contributed by atoms with Gasteiger partial charge in [-0.1, -0.05) is 188 Å². The smallest absolute Gasteiger partial charge is 0.306 e. The van der Waals surface area contributed by atoms with Crippen molar-refractivity contribution < 1.29 is 47.4 Å². The first-order valence-corrected chi connectivity index (χ1v) is 23.0. The Kier molecular flexibility index (Phi) is 19.9. The zero-order chi connectivity index (χ0) is 46.3. The molecular formula is C57H62O10. The Hall–Kier alpha value is -5.79. The van der Waals surface area contributed by atoms with Crippen molar-refractivity contribution in [3.63, 3.8) is 0 Å². The summed E-state index contributed by atoms with van der Waals surface area (Å²) in [5, 5.41) is 0. The molecule has 0 N–H and O–H groups in total. The van der Waals surface area contributed by atoms with Crippen molar-refractivity contribution in [3.8, 4) is 0 Å². The summed E-state index contributed by atoms with van der Waals surface area (Å²) in [5.41, 5.74) is 5.87. The molecule has 0 radical (unpaired) electrons. The number of carbonyl (C=O) groups excluding carboxylic acids is 1. The van der Waals surface area contributed by atoms with E-state index in [1.165, 1.54) is 0 Å². The standard InChI is InChI=1S/C57H62O10/c1-3-49(61-37-44-24-12-5-13-25-44)53(62-38-45-26-14-6-15-27-45)51(42-60-36-43-22-10-4-11-23-43)66-52(58)35-34-50-54(63-39-46-28-16-7-17-29-46)55(64-40-47-30-18-8-19-31-47)56(57(59-2)67-50)65-41-48-32-20-9-21-33-48/h3-33,49-51,53-57H,1,34-42H2,2H3/t49-,50+,51+,53+,54-,55-,56+,57-/m0/s1. The molecule has 6 aromatic rings. The Labute approximate surface area is 395 Å². The molecule has 1 fully saturated rings. The summed E-state index contributed by atoms with van der Waals surface area (Å²) in [6, 6.07) is 59.4. The number of esters is 1. The van der Waals surface area contributed by atoms with Crippen LogP contribution < -0.4 is 0 Å². The lowest BCUT2D eigenvalue weighted by Gasteiger charge is -2.45. The SMILES string of the molecule is C=C[C@H](OCc1ccccc1)[C@@H](OCc1ccccc1)[C@@H](COCc1ccccc1)OC(=O)CC[C@H]1O[C@H](OC)[C@H](OCc2ccccc2)[C@@H](OCc2ccccc2)[C@H]1OCc1ccccc1. The van der Waals surface area contributed by atoms with Gasteiger partial charge >= 0.3 is 5.97 Å². The quantitative estimate of drug-likeness (QED) is 0.0367. The molecule has 0 unspecified atom stereocenters. The molecule has 10 heteroatoms. The van der Waals surface area contributed by atoms with Crippen molar-refractivity contribution in [1.29, 1.82) is 0 Å². The molecule has 1 saturated heterocycles. The molecule has 0 aliphatic carbocycles. The number of hydrogen-bond acceptors (Lipinski definition) is 10. The molecule has 350 valence electrons. The normalized spacial score (nSPS) is 19.5. The van der Waals surface area contributed by atoms with Crippen LogP contribution in [0.1, 0.15) is 46.2 Å². The number of rotatable bonds is 27. The molecule has 67 heavy (non-hydrogen) atoms. The van der Waals surface area contributed by atoms with Gasteiger partial charge in [-0.3, -0.25) is 4.79 Å². The van der Waals surface area contributed by atoms with Crippen molar-refractivity contribution in [2.45, 2.75) is 102 Å². The average molecular weight is 907 g/mol. The monoisotopic (exact) mass is 906 g/mol. The van der Waals surface area contributed by atoms with Gasteiger partial charge in [-0.2, -0.15) is 0 Å². The topological polar surface area (TPSA) is 100 Å². The first-order chi connectivity index (χ1) is 33.1. The van der Waals surface area contributed by atoms with E-state index in [0.717, 1.165) is 33.4 Å². The third-order valence-electron chi connectivity index (χ3n) is 11.5. The van der Waals surface area contributed by atoms with Crippen molar-refractivity contribution >= 4 is 5.97 Å². The highest BCUT2D eigenvalue weighted by molar-refractivity contribution is 5.69. The summed E-state index contributed by atoms with van der Waals surface area (Å²) in [6.45, 7) is 5.85. The molecule has 1 aliphatic rings. The molecule has 0 aromatic heterocycles. The Morgan fingerprint density at radius 2 is 0.940 bits per heavy atom. The summed E-state index contributed by atoms with van der Waals surface area (Å²) >= 11 is 0. The predicted molar refractivity (Wildman–Crippen MR) is 256 cm³/mol. The maximum atomic E-state index is 14.4. The van der Waals surface area contributed by atoms with E-state index in [1.54, 1.807) is 13.2 Å². The fourth-order valence-electron chi connectivity index (χ4n) is 7.96. The number of carbonyl (C=O) groups is 1. The summed E-state index contributed by atoms with van der Waals surface area (Å²) in [5.74, 6) is -0.476. The Morgan fingerprint density at radius 3 is 1.39 bits per heavy atom. The van der Waals surface area contributed by atoms with E-state index < -0.39 is 55.0 Å². The zero-order valence-corrected chi connectivity index (χ0v) is 38.2. The molecule has 7 rings (SSSR count). The zero-order valence-electron chi connectivity index (χ0n) is 38.2. The average Bonchev–Trinajstić information content (AvgIpc) is 3.38. The number of methoxy groups -OCH3 is 1. The first kappa shape index (κ1) is 49.1. The van der Waals surface area contributed by atoms with Gasteiger partial charge in [-0.15, -0.1) is 6.58 Å². The lowest BCUT2D eigenvalue weighted by atomic mass is 9.94. The lowest BCUT2D eigenvalue weighted by molar-refractivity contribution is -0.318. The van der Waals surface area contributed by atoms with Crippen LogP contribution in [0, 0.1) is 0 Å².